The van der Waals surface area contributed by atoms with E-state index in [1.165, 1.54) is 18.2 Å². The van der Waals surface area contributed by atoms with Crippen LogP contribution in [0.4, 0.5) is 4.39 Å². The highest BCUT2D eigenvalue weighted by Crippen LogP contribution is 2.32. The maximum absolute atomic E-state index is 13.0. The predicted octanol–water partition coefficient (Wildman–Crippen LogP) is 1.72. The number of carbonyl (C=O) groups is 1. The maximum atomic E-state index is 13.0. The third-order valence-electron chi connectivity index (χ3n) is 1.41. The number of halogens is 2. The smallest absolute Gasteiger partial charge is 0.315 e. The van der Waals surface area contributed by atoms with Gasteiger partial charge < -0.3 is 5.11 Å². The number of carboxylic acid groups (broad SMARTS) is 1. The Morgan fingerprint density at radius 3 is 2.64 bits per heavy atom. The van der Waals surface area contributed by atoms with Crippen LogP contribution in [0.25, 0.3) is 0 Å². The summed E-state index contributed by atoms with van der Waals surface area (Å²) in [5.41, 5.74) is 0. The minimum atomic E-state index is -2.28. The molecular weight excluding hydrogens is 171 g/mol. The molecule has 2 unspecified atom stereocenters. The Labute approximate surface area is 68.0 Å². The van der Waals surface area contributed by atoms with Gasteiger partial charge in [0.2, 0.25) is 5.13 Å². The second kappa shape index (κ2) is 2.66. The van der Waals surface area contributed by atoms with Crippen LogP contribution < -0.4 is 0 Å². The molecular formula is C7H6ClFO2. The highest BCUT2D eigenvalue weighted by Gasteiger charge is 2.39. The highest BCUT2D eigenvalue weighted by atomic mass is 35.5. The zero-order valence-corrected chi connectivity index (χ0v) is 6.25. The molecule has 0 radical (unpaired) electrons. The minimum absolute atomic E-state index is 1.02. The molecule has 0 saturated carbocycles. The molecule has 0 fully saturated rings. The van der Waals surface area contributed by atoms with Gasteiger partial charge in [-0.05, 0) is 6.08 Å². The van der Waals surface area contributed by atoms with Crippen molar-refractivity contribution in [3.8, 4) is 0 Å². The Balaban J connectivity index is 2.89. The van der Waals surface area contributed by atoms with Crippen molar-refractivity contribution in [1.29, 1.82) is 0 Å². The summed E-state index contributed by atoms with van der Waals surface area (Å²) in [6, 6.07) is 0. The van der Waals surface area contributed by atoms with Gasteiger partial charge in [-0.25, -0.2) is 4.39 Å². The Morgan fingerprint density at radius 1 is 1.64 bits per heavy atom. The predicted molar refractivity (Wildman–Crippen MR) is 39.1 cm³/mol. The van der Waals surface area contributed by atoms with E-state index in [1.54, 1.807) is 0 Å². The minimum Gasteiger partial charge on any atom is -0.481 e. The van der Waals surface area contributed by atoms with Gasteiger partial charge in [0.05, 0.1) is 0 Å². The number of allylic oxidation sites excluding steroid dienone is 3. The monoisotopic (exact) mass is 176 g/mol. The molecule has 1 aliphatic carbocycles. The van der Waals surface area contributed by atoms with E-state index in [-0.39, 0.29) is 0 Å². The lowest BCUT2D eigenvalue weighted by Crippen LogP contribution is -2.31. The first kappa shape index (κ1) is 8.27. The van der Waals surface area contributed by atoms with E-state index in [4.69, 9.17) is 16.7 Å². The summed E-state index contributed by atoms with van der Waals surface area (Å²) in [7, 11) is 0. The average Bonchev–Trinajstić information content (AvgIpc) is 1.85. The van der Waals surface area contributed by atoms with Crippen molar-refractivity contribution in [2.75, 3.05) is 0 Å². The number of alkyl halides is 2. The quantitative estimate of drug-likeness (QED) is 0.618. The van der Waals surface area contributed by atoms with E-state index >= 15 is 0 Å². The van der Waals surface area contributed by atoms with E-state index < -0.39 is 17.0 Å². The molecule has 11 heavy (non-hydrogen) atoms. The van der Waals surface area contributed by atoms with Gasteiger partial charge in [-0.1, -0.05) is 29.8 Å². The molecule has 4 heteroatoms. The standard InChI is InChI=1S/C7H6ClFO2/c8-7(9)4-2-1-3-5(7)6(10)11/h1-5H,(H,10,11). The highest BCUT2D eigenvalue weighted by molar-refractivity contribution is 6.25. The van der Waals surface area contributed by atoms with Crippen molar-refractivity contribution >= 4 is 17.6 Å². The van der Waals surface area contributed by atoms with Crippen LogP contribution in [-0.4, -0.2) is 16.2 Å². The van der Waals surface area contributed by atoms with Crippen LogP contribution in [0.15, 0.2) is 24.3 Å². The first-order chi connectivity index (χ1) is 5.04. The summed E-state index contributed by atoms with van der Waals surface area (Å²) in [6.07, 6.45) is 5.08. The van der Waals surface area contributed by atoms with Crippen molar-refractivity contribution in [2.45, 2.75) is 5.13 Å². The van der Waals surface area contributed by atoms with Gasteiger partial charge in [-0.3, -0.25) is 4.79 Å². The molecule has 0 aromatic carbocycles. The van der Waals surface area contributed by atoms with Crippen LogP contribution in [0.1, 0.15) is 0 Å². The zero-order chi connectivity index (χ0) is 8.48. The summed E-state index contributed by atoms with van der Waals surface area (Å²) in [4.78, 5) is 10.4. The SMILES string of the molecule is O=C(O)C1C=CC=CC1(F)Cl. The van der Waals surface area contributed by atoms with Crippen molar-refractivity contribution in [2.24, 2.45) is 5.92 Å². The van der Waals surface area contributed by atoms with Crippen LogP contribution in [0, 0.1) is 5.92 Å². The first-order valence-electron chi connectivity index (χ1n) is 3.01. The number of rotatable bonds is 1. The zero-order valence-electron chi connectivity index (χ0n) is 5.50. The maximum Gasteiger partial charge on any atom is 0.315 e. The van der Waals surface area contributed by atoms with Crippen LogP contribution in [0.2, 0.25) is 0 Å². The summed E-state index contributed by atoms with van der Waals surface area (Å²) in [6.45, 7) is 0. The van der Waals surface area contributed by atoms with E-state index in [0.717, 1.165) is 6.08 Å². The molecule has 0 spiro atoms. The van der Waals surface area contributed by atoms with Gasteiger partial charge in [0.15, 0.2) is 0 Å². The molecule has 0 aliphatic heterocycles. The van der Waals surface area contributed by atoms with Crippen molar-refractivity contribution < 1.29 is 14.3 Å². The van der Waals surface area contributed by atoms with E-state index in [1.807, 2.05) is 0 Å². The molecule has 2 atom stereocenters. The molecule has 0 aromatic heterocycles. The van der Waals surface area contributed by atoms with Crippen LogP contribution in [-0.2, 0) is 4.79 Å². The third kappa shape index (κ3) is 1.60. The van der Waals surface area contributed by atoms with Crippen molar-refractivity contribution in [3.63, 3.8) is 0 Å². The van der Waals surface area contributed by atoms with Crippen molar-refractivity contribution in [1.82, 2.24) is 0 Å². The molecule has 60 valence electrons. The van der Waals surface area contributed by atoms with Gasteiger partial charge in [0.25, 0.3) is 0 Å². The molecule has 1 rings (SSSR count). The van der Waals surface area contributed by atoms with Gasteiger partial charge in [-0.2, -0.15) is 0 Å². The molecule has 2 nitrogen and oxygen atoms in total. The van der Waals surface area contributed by atoms with Gasteiger partial charge in [0, 0.05) is 0 Å². The van der Waals surface area contributed by atoms with E-state index in [9.17, 15) is 9.18 Å². The fourth-order valence-electron chi connectivity index (χ4n) is 0.838. The van der Waals surface area contributed by atoms with Crippen LogP contribution in [0.5, 0.6) is 0 Å². The Hall–Kier alpha value is -0.830. The lowest BCUT2D eigenvalue weighted by Gasteiger charge is -2.20. The number of aliphatic carboxylic acids is 1. The fraction of sp³-hybridized carbons (Fsp3) is 0.286. The summed E-state index contributed by atoms with van der Waals surface area (Å²) >= 11 is 5.25. The Bertz CT molecular complexity index is 233. The molecule has 1 aliphatic rings. The van der Waals surface area contributed by atoms with Gasteiger partial charge in [-0.15, -0.1) is 0 Å². The normalized spacial score (nSPS) is 35.6. The molecule has 0 saturated heterocycles. The summed E-state index contributed by atoms with van der Waals surface area (Å²) in [5.74, 6) is -2.54. The first-order valence-corrected chi connectivity index (χ1v) is 3.38. The number of hydrogen-bond donors (Lipinski definition) is 1. The second-order valence-electron chi connectivity index (χ2n) is 2.23. The van der Waals surface area contributed by atoms with Crippen LogP contribution >= 0.6 is 11.6 Å². The van der Waals surface area contributed by atoms with E-state index in [2.05, 4.69) is 0 Å². The van der Waals surface area contributed by atoms with Gasteiger partial charge in [0.1, 0.15) is 5.92 Å². The lowest BCUT2D eigenvalue weighted by molar-refractivity contribution is -0.142. The van der Waals surface area contributed by atoms with Crippen LogP contribution in [0.3, 0.4) is 0 Å². The molecule has 0 amide bonds. The third-order valence-corrected chi connectivity index (χ3v) is 1.77. The lowest BCUT2D eigenvalue weighted by atomic mass is 9.99. The summed E-state index contributed by atoms with van der Waals surface area (Å²) < 4.78 is 13.0. The molecule has 0 bridgehead atoms. The molecule has 0 heterocycles. The average molecular weight is 177 g/mol. The van der Waals surface area contributed by atoms with Crippen molar-refractivity contribution in [3.05, 3.63) is 24.3 Å². The molecule has 1 N–H and O–H groups in total. The number of carboxylic acids is 1. The molecule has 0 aromatic rings. The topological polar surface area (TPSA) is 37.3 Å². The number of hydrogen-bond acceptors (Lipinski definition) is 1. The fourth-order valence-corrected chi connectivity index (χ4v) is 1.08. The summed E-state index contributed by atoms with van der Waals surface area (Å²) in [5, 5.41) is 6.19. The Kier molecular flexibility index (Phi) is 2.00. The van der Waals surface area contributed by atoms with Gasteiger partial charge >= 0.3 is 5.97 Å². The Morgan fingerprint density at radius 2 is 2.27 bits per heavy atom. The van der Waals surface area contributed by atoms with E-state index in [0.29, 0.717) is 0 Å². The second-order valence-corrected chi connectivity index (χ2v) is 2.81. The largest absolute Gasteiger partial charge is 0.481 e.